The van der Waals surface area contributed by atoms with E-state index >= 15 is 0 Å². The number of aromatic nitrogens is 1. The Morgan fingerprint density at radius 1 is 1.19 bits per heavy atom. The number of ether oxygens (including phenoxy) is 1. The van der Waals surface area contributed by atoms with E-state index in [1.807, 2.05) is 17.0 Å². The van der Waals surface area contributed by atoms with Crippen LogP contribution < -0.4 is 10.0 Å². The molecule has 0 spiro atoms. The second kappa shape index (κ2) is 11.4. The average Bonchev–Trinajstić information content (AvgIpc) is 3.22. The number of hydrogen-bond acceptors (Lipinski definition) is 7. The molecule has 0 bridgehead atoms. The van der Waals surface area contributed by atoms with Crippen LogP contribution in [0.3, 0.4) is 0 Å². The molecule has 2 rings (SSSR count). The van der Waals surface area contributed by atoms with Crippen LogP contribution in [0.4, 0.5) is 5.69 Å². The Morgan fingerprint density at radius 2 is 1.84 bits per heavy atom. The molecule has 1 aromatic carbocycles. The van der Waals surface area contributed by atoms with Crippen LogP contribution in [0.15, 0.2) is 29.6 Å². The first-order valence-corrected chi connectivity index (χ1v) is 12.5. The van der Waals surface area contributed by atoms with Gasteiger partial charge in [0, 0.05) is 11.3 Å². The van der Waals surface area contributed by atoms with Gasteiger partial charge in [-0.25, -0.2) is 4.98 Å². The fraction of sp³-hybridized carbons (Fsp3) is 0.476. The fourth-order valence-electron chi connectivity index (χ4n) is 3.19. The molecule has 0 saturated carbocycles. The lowest BCUT2D eigenvalue weighted by atomic mass is 9.96. The van der Waals surface area contributed by atoms with Crippen molar-refractivity contribution < 1.29 is 27.3 Å². The van der Waals surface area contributed by atoms with Gasteiger partial charge in [0.25, 0.3) is 0 Å². The molecule has 1 heterocycles. The van der Waals surface area contributed by atoms with Crippen LogP contribution in [0.25, 0.3) is 0 Å². The third kappa shape index (κ3) is 7.88. The number of anilines is 1. The summed E-state index contributed by atoms with van der Waals surface area (Å²) in [6.45, 7) is 5.49. The van der Waals surface area contributed by atoms with Crippen molar-refractivity contribution in [2.24, 2.45) is 11.8 Å². The number of aryl methyl sites for hydroxylation is 1. The first-order chi connectivity index (χ1) is 15.0. The molecule has 0 aliphatic rings. The third-order valence-corrected chi connectivity index (χ3v) is 6.45. The van der Waals surface area contributed by atoms with Gasteiger partial charge in [-0.3, -0.25) is 18.9 Å². The number of carbonyl (C=O) groups excluding carboxylic acids is 2. The van der Waals surface area contributed by atoms with Gasteiger partial charge in [0.15, 0.2) is 0 Å². The van der Waals surface area contributed by atoms with Crippen molar-refractivity contribution in [2.45, 2.75) is 46.1 Å². The van der Waals surface area contributed by atoms with Crippen molar-refractivity contribution in [3.63, 3.8) is 0 Å². The van der Waals surface area contributed by atoms with Crippen LogP contribution >= 0.6 is 11.3 Å². The maximum atomic E-state index is 12.9. The monoisotopic (exact) mass is 483 g/mol. The molecule has 3 N–H and O–H groups in total. The van der Waals surface area contributed by atoms with Crippen LogP contribution in [-0.2, 0) is 37.5 Å². The Kier molecular flexibility index (Phi) is 9.17. The SMILES string of the molecule is CCc1csc([C@H](Cc2ccc(NS(=O)(=O)O)cc2)NC(=O)C(C)CC(C)C(=O)OC)n1. The lowest BCUT2D eigenvalue weighted by Gasteiger charge is -2.21. The largest absolute Gasteiger partial charge is 0.469 e. The highest BCUT2D eigenvalue weighted by Gasteiger charge is 2.25. The Balaban J connectivity index is 2.16. The fourth-order valence-corrected chi connectivity index (χ4v) is 4.57. The normalized spacial score (nSPS) is 14.3. The van der Waals surface area contributed by atoms with E-state index < -0.39 is 22.1 Å². The smallest absolute Gasteiger partial charge is 0.357 e. The molecule has 0 saturated heterocycles. The van der Waals surface area contributed by atoms with Gasteiger partial charge in [-0.2, -0.15) is 8.42 Å². The number of hydrogen-bond donors (Lipinski definition) is 3. The molecular weight excluding hydrogens is 454 g/mol. The molecule has 0 fully saturated rings. The van der Waals surface area contributed by atoms with E-state index in [0.29, 0.717) is 12.8 Å². The standard InChI is InChI=1S/C21H29N3O6S2/c1-5-16-12-31-20(22-16)18(23-19(25)13(2)10-14(3)21(26)30-4)11-15-6-8-17(9-7-15)24-32(27,28)29/h6-9,12-14,18,24H,5,10-11H2,1-4H3,(H,23,25)(H,27,28,29)/t13?,14?,18-/m0/s1. The van der Waals surface area contributed by atoms with E-state index in [-0.39, 0.29) is 23.6 Å². The van der Waals surface area contributed by atoms with E-state index in [9.17, 15) is 18.0 Å². The van der Waals surface area contributed by atoms with E-state index in [4.69, 9.17) is 9.29 Å². The molecule has 32 heavy (non-hydrogen) atoms. The second-order valence-electron chi connectivity index (χ2n) is 7.63. The van der Waals surface area contributed by atoms with Crippen molar-refractivity contribution in [3.05, 3.63) is 45.9 Å². The number of nitrogens with zero attached hydrogens (tertiary/aromatic N) is 1. The summed E-state index contributed by atoms with van der Waals surface area (Å²) in [5.74, 6) is -1.34. The zero-order chi connectivity index (χ0) is 23.9. The molecule has 9 nitrogen and oxygen atoms in total. The molecule has 176 valence electrons. The number of rotatable bonds is 11. The predicted octanol–water partition coefficient (Wildman–Crippen LogP) is 3.16. The first-order valence-electron chi connectivity index (χ1n) is 10.2. The van der Waals surface area contributed by atoms with Crippen molar-refractivity contribution >= 4 is 39.2 Å². The molecule has 1 amide bonds. The summed E-state index contributed by atoms with van der Waals surface area (Å²) in [5.41, 5.74) is 2.01. The number of thiazole rings is 1. The van der Waals surface area contributed by atoms with Gasteiger partial charge in [-0.05, 0) is 37.0 Å². The Bertz CT molecular complexity index is 1020. The molecule has 0 radical (unpaired) electrons. The molecule has 2 unspecified atom stereocenters. The van der Waals surface area contributed by atoms with Gasteiger partial charge < -0.3 is 10.1 Å². The van der Waals surface area contributed by atoms with Gasteiger partial charge in [-0.1, -0.05) is 32.9 Å². The van der Waals surface area contributed by atoms with E-state index in [2.05, 4.69) is 10.3 Å². The van der Waals surface area contributed by atoms with Gasteiger partial charge in [0.2, 0.25) is 5.91 Å². The Hall–Kier alpha value is -2.50. The van der Waals surface area contributed by atoms with Crippen molar-refractivity contribution in [1.29, 1.82) is 0 Å². The third-order valence-electron chi connectivity index (χ3n) is 4.95. The van der Waals surface area contributed by atoms with E-state index in [0.717, 1.165) is 22.7 Å². The summed E-state index contributed by atoms with van der Waals surface area (Å²) in [4.78, 5) is 29.2. The minimum atomic E-state index is -4.35. The van der Waals surface area contributed by atoms with Crippen LogP contribution in [0, 0.1) is 11.8 Å². The van der Waals surface area contributed by atoms with Gasteiger partial charge in [0.05, 0.1) is 30.5 Å². The number of nitrogens with one attached hydrogen (secondary N) is 2. The number of benzene rings is 1. The second-order valence-corrected chi connectivity index (χ2v) is 9.67. The molecule has 1 aromatic heterocycles. The Labute approximate surface area is 192 Å². The molecular formula is C21H29N3O6S2. The van der Waals surface area contributed by atoms with Crippen LogP contribution in [0.2, 0.25) is 0 Å². The minimum absolute atomic E-state index is 0.191. The van der Waals surface area contributed by atoms with Crippen molar-refractivity contribution in [2.75, 3.05) is 11.8 Å². The quantitative estimate of drug-likeness (QED) is 0.330. The summed E-state index contributed by atoms with van der Waals surface area (Å²) in [7, 11) is -3.02. The lowest BCUT2D eigenvalue weighted by molar-refractivity contribution is -0.145. The highest BCUT2D eigenvalue weighted by Crippen LogP contribution is 2.25. The predicted molar refractivity (Wildman–Crippen MR) is 123 cm³/mol. The average molecular weight is 484 g/mol. The molecule has 0 aliphatic heterocycles. The lowest BCUT2D eigenvalue weighted by Crippen LogP contribution is -2.35. The van der Waals surface area contributed by atoms with Gasteiger partial charge in [-0.15, -0.1) is 11.3 Å². The summed E-state index contributed by atoms with van der Waals surface area (Å²) in [5, 5.41) is 5.76. The molecule has 0 aliphatic carbocycles. The summed E-state index contributed by atoms with van der Waals surface area (Å²) >= 11 is 1.46. The topological polar surface area (TPSA) is 135 Å². The minimum Gasteiger partial charge on any atom is -0.469 e. The van der Waals surface area contributed by atoms with E-state index in [1.54, 1.807) is 26.0 Å². The highest BCUT2D eigenvalue weighted by atomic mass is 32.2. The number of amides is 1. The van der Waals surface area contributed by atoms with Crippen LogP contribution in [-0.4, -0.2) is 36.9 Å². The number of esters is 1. The Morgan fingerprint density at radius 3 is 2.38 bits per heavy atom. The number of carbonyl (C=O) groups is 2. The molecule has 3 atom stereocenters. The maximum Gasteiger partial charge on any atom is 0.357 e. The highest BCUT2D eigenvalue weighted by molar-refractivity contribution is 7.87. The first kappa shape index (κ1) is 25.8. The summed E-state index contributed by atoms with van der Waals surface area (Å²) in [6, 6.07) is 6.10. The van der Waals surface area contributed by atoms with Gasteiger partial charge in [0.1, 0.15) is 5.01 Å². The summed E-state index contributed by atoms with van der Waals surface area (Å²) < 4.78 is 37.6. The van der Waals surface area contributed by atoms with Crippen LogP contribution in [0.5, 0.6) is 0 Å². The zero-order valence-corrected chi connectivity index (χ0v) is 20.1. The summed E-state index contributed by atoms with van der Waals surface area (Å²) in [6.07, 6.45) is 1.58. The molecule has 11 heteroatoms. The van der Waals surface area contributed by atoms with Crippen molar-refractivity contribution in [1.82, 2.24) is 10.3 Å². The maximum absolute atomic E-state index is 12.9. The number of methoxy groups -OCH3 is 1. The van der Waals surface area contributed by atoms with E-state index in [1.165, 1.54) is 30.6 Å². The van der Waals surface area contributed by atoms with Crippen molar-refractivity contribution in [3.8, 4) is 0 Å². The van der Waals surface area contributed by atoms with Crippen LogP contribution in [0.1, 0.15) is 49.5 Å². The zero-order valence-electron chi connectivity index (χ0n) is 18.5. The molecule has 2 aromatic rings. The van der Waals surface area contributed by atoms with Gasteiger partial charge >= 0.3 is 16.3 Å².